The number of anilines is 2. The summed E-state index contributed by atoms with van der Waals surface area (Å²) in [6.45, 7) is 7.46. The van der Waals surface area contributed by atoms with Crippen LogP contribution in [0.2, 0.25) is 0 Å². The summed E-state index contributed by atoms with van der Waals surface area (Å²) in [5, 5.41) is 3.71. The lowest BCUT2D eigenvalue weighted by Gasteiger charge is -2.35. The van der Waals surface area contributed by atoms with Crippen molar-refractivity contribution in [1.82, 2.24) is 29.3 Å². The van der Waals surface area contributed by atoms with Crippen LogP contribution < -0.4 is 19.7 Å². The second-order valence-corrected chi connectivity index (χ2v) is 13.2. The van der Waals surface area contributed by atoms with Gasteiger partial charge in [0.25, 0.3) is 0 Å². The number of nitrogens with zero attached hydrogens (tertiary/aromatic N) is 7. The number of piperazine rings is 1. The Kier molecular flexibility index (Phi) is 8.92. The molecule has 0 spiro atoms. The highest BCUT2D eigenvalue weighted by molar-refractivity contribution is 5.84. The second kappa shape index (κ2) is 13.8. The molecule has 3 aliphatic rings. The van der Waals surface area contributed by atoms with Crippen molar-refractivity contribution in [3.63, 3.8) is 0 Å². The molecule has 10 nitrogen and oxygen atoms in total. The van der Waals surface area contributed by atoms with E-state index in [-0.39, 0.29) is 12.8 Å². The summed E-state index contributed by atoms with van der Waals surface area (Å²) in [4.78, 5) is 21.9. The molecule has 260 valence electrons. The summed E-state index contributed by atoms with van der Waals surface area (Å²) < 4.78 is 52.5. The third-order valence-electron chi connectivity index (χ3n) is 9.76. The van der Waals surface area contributed by atoms with Crippen molar-refractivity contribution < 1.29 is 22.6 Å². The van der Waals surface area contributed by atoms with E-state index in [0.717, 1.165) is 94.4 Å². The third kappa shape index (κ3) is 7.19. The Morgan fingerprint density at radius 2 is 1.40 bits per heavy atom. The normalized spacial score (nSPS) is 17.5. The number of benzene rings is 3. The van der Waals surface area contributed by atoms with Crippen molar-refractivity contribution in [1.29, 1.82) is 0 Å². The van der Waals surface area contributed by atoms with E-state index in [1.54, 1.807) is 6.33 Å². The molecular weight excluding hydrogens is 645 g/mol. The number of piperidine rings is 1. The quantitative estimate of drug-likeness (QED) is 0.201. The highest BCUT2D eigenvalue weighted by atomic mass is 19.4. The Morgan fingerprint density at radius 3 is 2.16 bits per heavy atom. The number of ether oxygens (including phenoxy) is 2. The smallest absolute Gasteiger partial charge is 0.416 e. The number of hydrogen-bond donors (Lipinski definition) is 1. The average Bonchev–Trinajstić information content (AvgIpc) is 3.77. The number of nitrogens with one attached hydrogen (secondary N) is 1. The molecule has 13 heteroatoms. The Bertz CT molecular complexity index is 1920. The molecule has 0 amide bonds. The third-order valence-corrected chi connectivity index (χ3v) is 9.76. The monoisotopic (exact) mass is 684 g/mol. The average molecular weight is 685 g/mol. The molecule has 2 fully saturated rings. The van der Waals surface area contributed by atoms with Gasteiger partial charge >= 0.3 is 6.18 Å². The molecule has 0 bridgehead atoms. The van der Waals surface area contributed by atoms with E-state index >= 15 is 0 Å². The first kappa shape index (κ1) is 32.3. The minimum absolute atomic E-state index is 0.228. The first-order chi connectivity index (χ1) is 24.3. The minimum atomic E-state index is -4.38. The number of alkyl halides is 3. The minimum Gasteiger partial charge on any atom is -0.454 e. The summed E-state index contributed by atoms with van der Waals surface area (Å²) in [5.74, 6) is 2.89. The maximum atomic E-state index is 13.2. The largest absolute Gasteiger partial charge is 0.454 e. The maximum Gasteiger partial charge on any atom is 0.416 e. The molecular formula is C37H39F3N8O2. The van der Waals surface area contributed by atoms with Gasteiger partial charge in [0, 0.05) is 58.4 Å². The first-order valence-corrected chi connectivity index (χ1v) is 17.1. The lowest BCUT2D eigenvalue weighted by molar-refractivity contribution is -0.137. The summed E-state index contributed by atoms with van der Waals surface area (Å²) in [7, 11) is 0. The number of halogens is 3. The van der Waals surface area contributed by atoms with Crippen LogP contribution in [0.3, 0.4) is 0 Å². The Balaban J connectivity index is 0.998. The van der Waals surface area contributed by atoms with Crippen LogP contribution in [-0.2, 0) is 25.8 Å². The zero-order chi connectivity index (χ0) is 34.1. The number of hydrogen-bond acceptors (Lipinski definition) is 9. The highest BCUT2D eigenvalue weighted by Gasteiger charge is 2.30. The molecule has 3 aliphatic heterocycles. The van der Waals surface area contributed by atoms with Crippen LogP contribution in [0.5, 0.6) is 11.5 Å². The molecule has 2 saturated heterocycles. The number of imidazole rings is 1. The summed E-state index contributed by atoms with van der Waals surface area (Å²) in [6.07, 6.45) is -0.732. The van der Waals surface area contributed by atoms with Crippen molar-refractivity contribution in [3.8, 4) is 11.5 Å². The van der Waals surface area contributed by atoms with E-state index < -0.39 is 11.7 Å². The van der Waals surface area contributed by atoms with Gasteiger partial charge in [-0.3, -0.25) is 9.80 Å². The molecule has 0 aliphatic carbocycles. The van der Waals surface area contributed by atoms with Crippen molar-refractivity contribution in [2.24, 2.45) is 0 Å². The summed E-state index contributed by atoms with van der Waals surface area (Å²) >= 11 is 0. The molecule has 1 N–H and O–H groups in total. The molecule has 50 heavy (non-hydrogen) atoms. The van der Waals surface area contributed by atoms with Gasteiger partial charge in [0.2, 0.25) is 12.7 Å². The van der Waals surface area contributed by atoms with Gasteiger partial charge in [0.15, 0.2) is 28.5 Å². The van der Waals surface area contributed by atoms with E-state index in [9.17, 15) is 13.2 Å². The SMILES string of the molecule is FC(F)(F)c1ccc(Cn2cnc3c(NC4CCN(Cc5ccccc5)CC4)nc(N4CCN(Cc5ccc6c(c5)OCO6)CC4)nc32)cc1. The van der Waals surface area contributed by atoms with E-state index in [1.807, 2.05) is 22.8 Å². The van der Waals surface area contributed by atoms with Crippen molar-refractivity contribution in [2.45, 2.75) is 44.7 Å². The van der Waals surface area contributed by atoms with Gasteiger partial charge in [0.05, 0.1) is 18.4 Å². The predicted molar refractivity (Wildman–Crippen MR) is 184 cm³/mol. The topological polar surface area (TPSA) is 83.8 Å². The number of aromatic nitrogens is 4. The van der Waals surface area contributed by atoms with Gasteiger partial charge in [-0.2, -0.15) is 23.1 Å². The van der Waals surface area contributed by atoms with Crippen LogP contribution in [0.1, 0.15) is 35.1 Å². The zero-order valence-corrected chi connectivity index (χ0v) is 27.6. The fourth-order valence-corrected chi connectivity index (χ4v) is 6.96. The van der Waals surface area contributed by atoms with Crippen LogP contribution in [0, 0.1) is 0 Å². The first-order valence-electron chi connectivity index (χ1n) is 17.1. The van der Waals surface area contributed by atoms with Crippen molar-refractivity contribution >= 4 is 22.9 Å². The maximum absolute atomic E-state index is 13.2. The van der Waals surface area contributed by atoms with E-state index in [0.29, 0.717) is 29.5 Å². The van der Waals surface area contributed by atoms with Crippen molar-refractivity contribution in [3.05, 3.63) is 101 Å². The van der Waals surface area contributed by atoms with Gasteiger partial charge in [-0.25, -0.2) is 4.98 Å². The summed E-state index contributed by atoms with van der Waals surface area (Å²) in [6, 6.07) is 22.1. The molecule has 0 saturated carbocycles. The lowest BCUT2D eigenvalue weighted by atomic mass is 10.0. The van der Waals surface area contributed by atoms with Crippen LogP contribution in [0.4, 0.5) is 24.9 Å². The molecule has 0 atom stereocenters. The Morgan fingerprint density at radius 1 is 0.720 bits per heavy atom. The van der Waals surface area contributed by atoms with Crippen LogP contribution in [-0.4, -0.2) is 81.4 Å². The molecule has 0 unspecified atom stereocenters. The van der Waals surface area contributed by atoms with Crippen molar-refractivity contribution in [2.75, 3.05) is 56.3 Å². The van der Waals surface area contributed by atoms with Gasteiger partial charge in [0.1, 0.15) is 0 Å². The second-order valence-electron chi connectivity index (χ2n) is 13.2. The molecule has 5 aromatic rings. The van der Waals surface area contributed by atoms with Gasteiger partial charge in [-0.1, -0.05) is 48.5 Å². The lowest BCUT2D eigenvalue weighted by Crippen LogP contribution is -2.46. The molecule has 0 radical (unpaired) electrons. The number of fused-ring (bicyclic) bond motifs is 2. The Labute approximate surface area is 288 Å². The molecule has 3 aromatic carbocycles. The fraction of sp³-hybridized carbons (Fsp3) is 0.378. The van der Waals surface area contributed by atoms with E-state index in [4.69, 9.17) is 24.4 Å². The molecule has 5 heterocycles. The fourth-order valence-electron chi connectivity index (χ4n) is 6.96. The van der Waals surface area contributed by atoms with E-state index in [2.05, 4.69) is 50.3 Å². The Hall–Kier alpha value is -4.88. The van der Waals surface area contributed by atoms with Crippen LogP contribution >= 0.6 is 0 Å². The van der Waals surface area contributed by atoms with Crippen LogP contribution in [0.15, 0.2) is 79.1 Å². The van der Waals surface area contributed by atoms with E-state index in [1.165, 1.54) is 23.3 Å². The van der Waals surface area contributed by atoms with Gasteiger partial charge in [-0.15, -0.1) is 0 Å². The van der Waals surface area contributed by atoms with Gasteiger partial charge < -0.3 is 24.3 Å². The predicted octanol–water partition coefficient (Wildman–Crippen LogP) is 6.02. The molecule has 8 rings (SSSR count). The number of likely N-dealkylation sites (tertiary alicyclic amines) is 1. The molecule has 2 aromatic heterocycles. The van der Waals surface area contributed by atoms with Crippen LogP contribution in [0.25, 0.3) is 11.2 Å². The highest BCUT2D eigenvalue weighted by Crippen LogP contribution is 2.33. The zero-order valence-electron chi connectivity index (χ0n) is 27.6. The number of rotatable bonds is 9. The van der Waals surface area contributed by atoms with Gasteiger partial charge in [-0.05, 0) is 53.8 Å². The summed E-state index contributed by atoms with van der Waals surface area (Å²) in [5.41, 5.74) is 3.87. The standard InChI is InChI=1S/C37H39F3N8O2/c38-37(39,40)29-9-6-27(7-10-29)23-48-24-41-33-34(42-30-12-14-45(15-13-30)21-26-4-2-1-3-5-26)43-36(44-35(33)48)47-18-16-46(17-19-47)22-28-8-11-31-32(20-28)50-25-49-31/h1-11,20,24,30H,12-19,21-23,25H2,(H,42,43,44).